The van der Waals surface area contributed by atoms with Gasteiger partial charge in [-0.15, -0.1) is 0 Å². The molecule has 0 aliphatic carbocycles. The van der Waals surface area contributed by atoms with Gasteiger partial charge in [0.05, 0.1) is 5.69 Å². The Morgan fingerprint density at radius 1 is 1.41 bits per heavy atom. The van der Waals surface area contributed by atoms with E-state index in [1.54, 1.807) is 12.1 Å². The van der Waals surface area contributed by atoms with E-state index >= 15 is 0 Å². The molecule has 1 aliphatic heterocycles. The number of nitrogens with two attached hydrogens (primary N) is 1. The molecule has 6 heteroatoms. The highest BCUT2D eigenvalue weighted by atomic mass is 32.2. The van der Waals surface area contributed by atoms with Crippen LogP contribution in [0, 0.1) is 0 Å². The molecule has 0 radical (unpaired) electrons. The molecule has 5 nitrogen and oxygen atoms in total. The molecule has 17 heavy (non-hydrogen) atoms. The lowest BCUT2D eigenvalue weighted by Gasteiger charge is -2.27. The maximum atomic E-state index is 12.2. The number of fused-ring (bicyclic) bond motifs is 1. The third-order valence-electron chi connectivity index (χ3n) is 2.97. The summed E-state index contributed by atoms with van der Waals surface area (Å²) in [5, 5.41) is 0. The summed E-state index contributed by atoms with van der Waals surface area (Å²) in [6.07, 6.45) is 0.702. The third kappa shape index (κ3) is 1.87. The first-order valence-electron chi connectivity index (χ1n) is 5.44. The summed E-state index contributed by atoms with van der Waals surface area (Å²) >= 11 is 0. The van der Waals surface area contributed by atoms with Gasteiger partial charge in [0.25, 0.3) is 0 Å². The van der Waals surface area contributed by atoms with Crippen LogP contribution < -0.4 is 10.0 Å². The van der Waals surface area contributed by atoms with Crippen molar-refractivity contribution in [2.75, 3.05) is 24.1 Å². The van der Waals surface area contributed by atoms with E-state index in [0.717, 1.165) is 11.3 Å². The molecule has 1 unspecified atom stereocenters. The number of benzene rings is 1. The fourth-order valence-corrected chi connectivity index (χ4v) is 3.46. The Hall–Kier alpha value is -1.27. The second-order valence-electron chi connectivity index (χ2n) is 4.53. The van der Waals surface area contributed by atoms with Gasteiger partial charge in [0.2, 0.25) is 0 Å². The summed E-state index contributed by atoms with van der Waals surface area (Å²) in [5.41, 5.74) is 8.10. The topological polar surface area (TPSA) is 66.6 Å². The van der Waals surface area contributed by atoms with Gasteiger partial charge in [-0.2, -0.15) is 12.7 Å². The summed E-state index contributed by atoms with van der Waals surface area (Å²) in [6.45, 7) is 1.90. The molecule has 0 saturated carbocycles. The van der Waals surface area contributed by atoms with Crippen LogP contribution >= 0.6 is 0 Å². The van der Waals surface area contributed by atoms with Gasteiger partial charge < -0.3 is 5.73 Å². The molecular weight excluding hydrogens is 238 g/mol. The van der Waals surface area contributed by atoms with Crippen molar-refractivity contribution in [1.29, 1.82) is 0 Å². The Morgan fingerprint density at radius 2 is 2.06 bits per heavy atom. The van der Waals surface area contributed by atoms with Crippen molar-refractivity contribution in [2.24, 2.45) is 0 Å². The van der Waals surface area contributed by atoms with Gasteiger partial charge in [0.1, 0.15) is 0 Å². The van der Waals surface area contributed by atoms with Crippen LogP contribution in [0.1, 0.15) is 12.5 Å². The number of rotatable bonds is 2. The Bertz CT molecular complexity index is 540. The normalized spacial score (nSPS) is 19.8. The summed E-state index contributed by atoms with van der Waals surface area (Å²) < 4.78 is 27.1. The Morgan fingerprint density at radius 3 is 2.65 bits per heavy atom. The number of nitrogen functional groups attached to an aromatic ring is 1. The van der Waals surface area contributed by atoms with Crippen molar-refractivity contribution in [3.05, 3.63) is 23.8 Å². The molecule has 1 aliphatic rings. The number of hydrogen-bond donors (Lipinski definition) is 1. The summed E-state index contributed by atoms with van der Waals surface area (Å²) in [5.74, 6) is 0. The van der Waals surface area contributed by atoms with Crippen molar-refractivity contribution in [2.45, 2.75) is 19.4 Å². The summed E-state index contributed by atoms with van der Waals surface area (Å²) in [7, 11) is -0.348. The predicted molar refractivity (Wildman–Crippen MR) is 69.1 cm³/mol. The average Bonchev–Trinajstić information content (AvgIpc) is 2.53. The first-order valence-corrected chi connectivity index (χ1v) is 6.84. The quantitative estimate of drug-likeness (QED) is 0.796. The van der Waals surface area contributed by atoms with Crippen molar-refractivity contribution in [3.63, 3.8) is 0 Å². The average molecular weight is 255 g/mol. The van der Waals surface area contributed by atoms with Crippen LogP contribution in [0.5, 0.6) is 0 Å². The monoisotopic (exact) mass is 255 g/mol. The highest BCUT2D eigenvalue weighted by Crippen LogP contribution is 2.35. The second kappa shape index (κ2) is 3.89. The van der Waals surface area contributed by atoms with E-state index < -0.39 is 10.2 Å². The molecule has 0 spiro atoms. The number of nitrogens with zero attached hydrogens (tertiary/aromatic N) is 2. The predicted octanol–water partition coefficient (Wildman–Crippen LogP) is 0.826. The van der Waals surface area contributed by atoms with E-state index in [0.29, 0.717) is 12.1 Å². The van der Waals surface area contributed by atoms with E-state index in [1.165, 1.54) is 22.7 Å². The van der Waals surface area contributed by atoms with Crippen molar-refractivity contribution in [1.82, 2.24) is 4.31 Å². The van der Waals surface area contributed by atoms with Gasteiger partial charge >= 0.3 is 10.2 Å². The Kier molecular flexibility index (Phi) is 2.79. The van der Waals surface area contributed by atoms with Crippen LogP contribution in [0.15, 0.2) is 18.2 Å². The van der Waals surface area contributed by atoms with E-state index in [2.05, 4.69) is 0 Å². The molecule has 2 N–H and O–H groups in total. The Labute approximate surface area is 102 Å². The molecule has 94 valence electrons. The van der Waals surface area contributed by atoms with Crippen molar-refractivity contribution < 1.29 is 8.42 Å². The summed E-state index contributed by atoms with van der Waals surface area (Å²) in [4.78, 5) is 0. The van der Waals surface area contributed by atoms with Gasteiger partial charge in [-0.05, 0) is 37.1 Å². The van der Waals surface area contributed by atoms with E-state index in [-0.39, 0.29) is 6.04 Å². The van der Waals surface area contributed by atoms with Gasteiger partial charge in [-0.25, -0.2) is 0 Å². The zero-order chi connectivity index (χ0) is 12.8. The standard InChI is InChI=1S/C11H17N3O2S/c1-8-6-9-7-10(12)4-5-11(9)14(8)17(15,16)13(2)3/h4-5,7-8H,6,12H2,1-3H3. The number of hydrogen-bond acceptors (Lipinski definition) is 3. The summed E-state index contributed by atoms with van der Waals surface area (Å²) in [6, 6.07) is 5.28. The van der Waals surface area contributed by atoms with Gasteiger partial charge in [0.15, 0.2) is 0 Å². The molecule has 1 heterocycles. The smallest absolute Gasteiger partial charge is 0.303 e. The van der Waals surface area contributed by atoms with Crippen LogP contribution in [-0.4, -0.2) is 32.9 Å². The molecule has 0 amide bonds. The van der Waals surface area contributed by atoms with E-state index in [4.69, 9.17) is 5.73 Å². The zero-order valence-corrected chi connectivity index (χ0v) is 11.0. The fraction of sp³-hybridized carbons (Fsp3) is 0.455. The first kappa shape index (κ1) is 12.2. The zero-order valence-electron chi connectivity index (χ0n) is 10.2. The highest BCUT2D eigenvalue weighted by molar-refractivity contribution is 7.90. The van der Waals surface area contributed by atoms with E-state index in [9.17, 15) is 8.42 Å². The molecule has 0 fully saturated rings. The first-order chi connectivity index (χ1) is 7.84. The second-order valence-corrected chi connectivity index (χ2v) is 6.55. The van der Waals surface area contributed by atoms with Gasteiger partial charge in [0, 0.05) is 25.8 Å². The van der Waals surface area contributed by atoms with Crippen molar-refractivity contribution >= 4 is 21.6 Å². The minimum absolute atomic E-state index is 0.0702. The maximum Gasteiger partial charge on any atom is 0.303 e. The molecule has 0 bridgehead atoms. The lowest BCUT2D eigenvalue weighted by molar-refractivity contribution is 0.510. The van der Waals surface area contributed by atoms with Crippen LogP contribution in [0.4, 0.5) is 11.4 Å². The van der Waals surface area contributed by atoms with Gasteiger partial charge in [-0.1, -0.05) is 0 Å². The van der Waals surface area contributed by atoms with Crippen LogP contribution in [0.3, 0.4) is 0 Å². The van der Waals surface area contributed by atoms with Crippen LogP contribution in [-0.2, 0) is 16.6 Å². The minimum atomic E-state index is -3.43. The molecule has 0 saturated heterocycles. The largest absolute Gasteiger partial charge is 0.399 e. The molecule has 1 aromatic rings. The Balaban J connectivity index is 2.53. The molecule has 0 aromatic heterocycles. The molecule has 1 aromatic carbocycles. The van der Waals surface area contributed by atoms with Crippen LogP contribution in [0.25, 0.3) is 0 Å². The fourth-order valence-electron chi connectivity index (χ4n) is 2.15. The SMILES string of the molecule is CC1Cc2cc(N)ccc2N1S(=O)(=O)N(C)C. The number of anilines is 2. The van der Waals surface area contributed by atoms with E-state index in [1.807, 2.05) is 13.0 Å². The maximum absolute atomic E-state index is 12.2. The highest BCUT2D eigenvalue weighted by Gasteiger charge is 2.36. The van der Waals surface area contributed by atoms with Gasteiger partial charge in [-0.3, -0.25) is 4.31 Å². The molecule has 1 atom stereocenters. The lowest BCUT2D eigenvalue weighted by Crippen LogP contribution is -2.43. The minimum Gasteiger partial charge on any atom is -0.399 e. The molecule has 2 rings (SSSR count). The molecular formula is C11H17N3O2S. The lowest BCUT2D eigenvalue weighted by atomic mass is 10.1. The van der Waals surface area contributed by atoms with Crippen molar-refractivity contribution in [3.8, 4) is 0 Å². The third-order valence-corrected chi connectivity index (χ3v) is 4.94. The van der Waals surface area contributed by atoms with Crippen LogP contribution in [0.2, 0.25) is 0 Å².